The lowest BCUT2D eigenvalue weighted by molar-refractivity contribution is -0.384. The van der Waals surface area contributed by atoms with Crippen LogP contribution in [0.15, 0.2) is 36.4 Å². The van der Waals surface area contributed by atoms with Gasteiger partial charge in [-0.1, -0.05) is 18.2 Å². The minimum atomic E-state index is -0.523. The van der Waals surface area contributed by atoms with E-state index in [0.717, 1.165) is 11.1 Å². The quantitative estimate of drug-likeness (QED) is 0.643. The second-order valence-corrected chi connectivity index (χ2v) is 6.02. The summed E-state index contributed by atoms with van der Waals surface area (Å²) in [4.78, 5) is 24.5. The molecule has 0 saturated carbocycles. The van der Waals surface area contributed by atoms with E-state index < -0.39 is 10.8 Å². The van der Waals surface area contributed by atoms with Crippen LogP contribution in [-0.4, -0.2) is 29.3 Å². The van der Waals surface area contributed by atoms with Crippen molar-refractivity contribution >= 4 is 17.3 Å². The van der Waals surface area contributed by atoms with E-state index in [4.69, 9.17) is 0 Å². The fourth-order valence-corrected chi connectivity index (χ4v) is 2.46. The van der Waals surface area contributed by atoms with Crippen LogP contribution in [0.3, 0.4) is 0 Å². The number of carbonyl (C=O) groups excluding carboxylic acids is 1. The van der Waals surface area contributed by atoms with Crippen LogP contribution in [0, 0.1) is 29.8 Å². The van der Waals surface area contributed by atoms with Crippen molar-refractivity contribution in [3.05, 3.63) is 69.0 Å². The van der Waals surface area contributed by atoms with Crippen molar-refractivity contribution in [3.63, 3.8) is 0 Å². The molecule has 0 atom stereocenters. The van der Waals surface area contributed by atoms with E-state index in [1.807, 2.05) is 6.92 Å². The average molecular weight is 345 g/mol. The third kappa shape index (κ3) is 4.84. The third-order valence-corrected chi connectivity index (χ3v) is 3.89. The zero-order chi connectivity index (χ0) is 18.6. The molecule has 0 aliphatic heterocycles. The van der Waals surface area contributed by atoms with E-state index >= 15 is 0 Å². The Hall–Kier alpha value is -2.80. The molecule has 0 radical (unpaired) electrons. The van der Waals surface area contributed by atoms with Crippen LogP contribution in [0.2, 0.25) is 0 Å². The van der Waals surface area contributed by atoms with Crippen LogP contribution in [0.25, 0.3) is 0 Å². The van der Waals surface area contributed by atoms with Gasteiger partial charge in [-0.25, -0.2) is 4.39 Å². The Morgan fingerprint density at radius 3 is 2.52 bits per heavy atom. The Morgan fingerprint density at radius 2 is 1.88 bits per heavy atom. The summed E-state index contributed by atoms with van der Waals surface area (Å²) in [5.41, 5.74) is 2.13. The zero-order valence-corrected chi connectivity index (χ0v) is 14.4. The topological polar surface area (TPSA) is 75.5 Å². The summed E-state index contributed by atoms with van der Waals surface area (Å²) in [6.07, 6.45) is 0. The molecule has 6 nitrogen and oxygen atoms in total. The molecule has 2 aromatic rings. The average Bonchev–Trinajstić information content (AvgIpc) is 2.52. The van der Waals surface area contributed by atoms with Crippen LogP contribution in [0.1, 0.15) is 16.7 Å². The number of rotatable bonds is 6. The molecule has 0 saturated heterocycles. The molecule has 1 amide bonds. The van der Waals surface area contributed by atoms with E-state index in [1.165, 1.54) is 12.1 Å². The Labute approximate surface area is 145 Å². The molecule has 132 valence electrons. The van der Waals surface area contributed by atoms with Gasteiger partial charge in [0.05, 0.1) is 11.5 Å². The number of likely N-dealkylation sites (N-methyl/N-ethyl adjacent to an activating group) is 1. The van der Waals surface area contributed by atoms with E-state index in [0.29, 0.717) is 5.56 Å². The summed E-state index contributed by atoms with van der Waals surface area (Å²) < 4.78 is 13.7. The summed E-state index contributed by atoms with van der Waals surface area (Å²) >= 11 is 0. The minimum Gasteiger partial charge on any atom is -0.319 e. The van der Waals surface area contributed by atoms with Crippen molar-refractivity contribution in [2.24, 2.45) is 0 Å². The first-order valence-corrected chi connectivity index (χ1v) is 7.75. The number of halogens is 1. The molecule has 2 aromatic carbocycles. The Kier molecular flexibility index (Phi) is 5.82. The molecule has 0 aliphatic carbocycles. The van der Waals surface area contributed by atoms with Gasteiger partial charge < -0.3 is 5.32 Å². The smallest absolute Gasteiger partial charge is 0.293 e. The summed E-state index contributed by atoms with van der Waals surface area (Å²) in [6, 6.07) is 9.37. The molecule has 0 spiro atoms. The van der Waals surface area contributed by atoms with Gasteiger partial charge in [0, 0.05) is 18.2 Å². The number of nitro groups is 1. The number of aryl methyl sites for hydroxylation is 2. The molecule has 0 bridgehead atoms. The lowest BCUT2D eigenvalue weighted by Crippen LogP contribution is -2.30. The molecular weight excluding hydrogens is 325 g/mol. The fourth-order valence-electron chi connectivity index (χ4n) is 2.46. The molecule has 25 heavy (non-hydrogen) atoms. The highest BCUT2D eigenvalue weighted by atomic mass is 19.1. The predicted octanol–water partition coefficient (Wildman–Crippen LogP) is 3.42. The van der Waals surface area contributed by atoms with Crippen molar-refractivity contribution in [1.29, 1.82) is 0 Å². The molecule has 2 rings (SSSR count). The number of nitrogens with zero attached hydrogens (tertiary/aromatic N) is 2. The first-order chi connectivity index (χ1) is 11.8. The summed E-state index contributed by atoms with van der Waals surface area (Å²) in [6.45, 7) is 3.84. The van der Waals surface area contributed by atoms with Gasteiger partial charge >= 0.3 is 0 Å². The highest BCUT2D eigenvalue weighted by Crippen LogP contribution is 2.27. The number of benzene rings is 2. The zero-order valence-electron chi connectivity index (χ0n) is 14.4. The lowest BCUT2D eigenvalue weighted by Gasteiger charge is -2.17. The van der Waals surface area contributed by atoms with Crippen molar-refractivity contribution in [2.45, 2.75) is 20.4 Å². The Balaban J connectivity index is 2.06. The maximum Gasteiger partial charge on any atom is 0.293 e. The molecule has 0 unspecified atom stereocenters. The van der Waals surface area contributed by atoms with Crippen LogP contribution in [0.4, 0.5) is 15.8 Å². The van der Waals surface area contributed by atoms with Crippen LogP contribution in [-0.2, 0) is 11.3 Å². The first kappa shape index (κ1) is 18.5. The molecule has 0 aliphatic rings. The summed E-state index contributed by atoms with van der Waals surface area (Å²) in [7, 11) is 1.68. The standard InChI is InChI=1S/C18H20FN3O3/c1-12-8-16(17(22(24)25)9-13(12)2)20-18(23)11-21(3)10-14-6-4-5-7-15(14)19/h4-9H,10-11H2,1-3H3,(H,20,23). The number of amides is 1. The van der Waals surface area contributed by atoms with E-state index in [1.54, 1.807) is 43.1 Å². The maximum atomic E-state index is 13.7. The van der Waals surface area contributed by atoms with Gasteiger partial charge in [0.25, 0.3) is 5.69 Å². The maximum absolute atomic E-state index is 13.7. The van der Waals surface area contributed by atoms with Gasteiger partial charge in [0.15, 0.2) is 0 Å². The summed E-state index contributed by atoms with van der Waals surface area (Å²) in [5.74, 6) is -0.732. The molecule has 0 heterocycles. The molecular formula is C18H20FN3O3. The number of nitro benzene ring substituents is 1. The number of nitrogens with one attached hydrogen (secondary N) is 1. The van der Waals surface area contributed by atoms with Gasteiger partial charge in [-0.3, -0.25) is 19.8 Å². The third-order valence-electron chi connectivity index (χ3n) is 3.89. The monoisotopic (exact) mass is 345 g/mol. The Bertz CT molecular complexity index is 808. The number of hydrogen-bond acceptors (Lipinski definition) is 4. The van der Waals surface area contributed by atoms with Crippen molar-refractivity contribution in [2.75, 3.05) is 18.9 Å². The number of anilines is 1. The van der Waals surface area contributed by atoms with Crippen LogP contribution < -0.4 is 5.32 Å². The van der Waals surface area contributed by atoms with Crippen LogP contribution in [0.5, 0.6) is 0 Å². The minimum absolute atomic E-state index is 0.0155. The second kappa shape index (κ2) is 7.85. The van der Waals surface area contributed by atoms with Crippen molar-refractivity contribution < 1.29 is 14.1 Å². The van der Waals surface area contributed by atoms with E-state index in [2.05, 4.69) is 5.32 Å². The van der Waals surface area contributed by atoms with Crippen LogP contribution >= 0.6 is 0 Å². The fraction of sp³-hybridized carbons (Fsp3) is 0.278. The lowest BCUT2D eigenvalue weighted by atomic mass is 10.1. The molecule has 7 heteroatoms. The van der Waals surface area contributed by atoms with Gasteiger partial charge in [-0.15, -0.1) is 0 Å². The molecule has 0 fully saturated rings. The first-order valence-electron chi connectivity index (χ1n) is 7.75. The molecule has 0 aromatic heterocycles. The Morgan fingerprint density at radius 1 is 1.24 bits per heavy atom. The van der Waals surface area contributed by atoms with Gasteiger partial charge in [0.2, 0.25) is 5.91 Å². The second-order valence-electron chi connectivity index (χ2n) is 6.02. The van der Waals surface area contributed by atoms with Crippen molar-refractivity contribution in [1.82, 2.24) is 4.90 Å². The summed E-state index contributed by atoms with van der Waals surface area (Å²) in [5, 5.41) is 13.7. The highest BCUT2D eigenvalue weighted by Gasteiger charge is 2.18. The molecule has 1 N–H and O–H groups in total. The normalized spacial score (nSPS) is 10.8. The van der Waals surface area contributed by atoms with Gasteiger partial charge in [-0.2, -0.15) is 0 Å². The van der Waals surface area contributed by atoms with Gasteiger partial charge in [-0.05, 0) is 44.2 Å². The van der Waals surface area contributed by atoms with Gasteiger partial charge in [0.1, 0.15) is 11.5 Å². The van der Waals surface area contributed by atoms with E-state index in [9.17, 15) is 19.3 Å². The number of hydrogen-bond donors (Lipinski definition) is 1. The SMILES string of the molecule is Cc1cc(NC(=O)CN(C)Cc2ccccc2F)c([N+](=O)[O-])cc1C. The largest absolute Gasteiger partial charge is 0.319 e. The predicted molar refractivity (Wildman–Crippen MR) is 93.9 cm³/mol. The van der Waals surface area contributed by atoms with Crippen molar-refractivity contribution in [3.8, 4) is 0 Å². The highest BCUT2D eigenvalue weighted by molar-refractivity contribution is 5.94. The number of carbonyl (C=O) groups is 1. The van der Waals surface area contributed by atoms with E-state index in [-0.39, 0.29) is 30.3 Å².